The van der Waals surface area contributed by atoms with E-state index in [1.54, 1.807) is 19.5 Å². The van der Waals surface area contributed by atoms with E-state index >= 15 is 0 Å². The first-order valence-corrected chi connectivity index (χ1v) is 6.14. The highest BCUT2D eigenvalue weighted by atomic mass is 16.5. The van der Waals surface area contributed by atoms with Crippen molar-refractivity contribution in [2.45, 2.75) is 6.42 Å². The van der Waals surface area contributed by atoms with Crippen molar-refractivity contribution in [3.05, 3.63) is 36.7 Å². The van der Waals surface area contributed by atoms with Gasteiger partial charge in [-0.15, -0.1) is 0 Å². The highest BCUT2D eigenvalue weighted by Gasteiger charge is 2.01. The summed E-state index contributed by atoms with van der Waals surface area (Å²) in [6.45, 7) is 0.823. The summed E-state index contributed by atoms with van der Waals surface area (Å²) in [6.07, 6.45) is 4.22. The van der Waals surface area contributed by atoms with Gasteiger partial charge >= 0.3 is 0 Å². The summed E-state index contributed by atoms with van der Waals surface area (Å²) < 4.78 is 5.19. The van der Waals surface area contributed by atoms with Crippen LogP contribution >= 0.6 is 0 Å². The molecular formula is C14H17N3O2. The Morgan fingerprint density at radius 3 is 2.68 bits per heavy atom. The molecule has 0 radical (unpaired) electrons. The zero-order valence-electron chi connectivity index (χ0n) is 10.8. The second-order valence-corrected chi connectivity index (χ2v) is 4.03. The molecule has 2 N–H and O–H groups in total. The van der Waals surface area contributed by atoms with Crippen LogP contribution in [0.5, 0.6) is 5.75 Å². The minimum Gasteiger partial charge on any atom is -0.497 e. The fourth-order valence-electron chi connectivity index (χ4n) is 1.65. The quantitative estimate of drug-likeness (QED) is 0.776. The van der Waals surface area contributed by atoms with Crippen LogP contribution in [0.25, 0.3) is 11.1 Å². The smallest absolute Gasteiger partial charge is 0.222 e. The second-order valence-electron chi connectivity index (χ2n) is 4.03. The third-order valence-electron chi connectivity index (χ3n) is 2.67. The summed E-state index contributed by atoms with van der Waals surface area (Å²) in [7, 11) is 1.64. The molecule has 5 nitrogen and oxygen atoms in total. The van der Waals surface area contributed by atoms with Crippen LogP contribution in [0.4, 0.5) is 5.95 Å². The predicted octanol–water partition coefficient (Wildman–Crippen LogP) is 1.95. The third kappa shape index (κ3) is 3.66. The molecule has 19 heavy (non-hydrogen) atoms. The van der Waals surface area contributed by atoms with Gasteiger partial charge in [-0.25, -0.2) is 9.97 Å². The lowest BCUT2D eigenvalue weighted by Gasteiger charge is -2.06. The Morgan fingerprint density at radius 1 is 1.21 bits per heavy atom. The van der Waals surface area contributed by atoms with E-state index in [9.17, 15) is 0 Å². The number of anilines is 1. The van der Waals surface area contributed by atoms with Crippen molar-refractivity contribution in [2.75, 3.05) is 25.6 Å². The van der Waals surface area contributed by atoms with Crippen molar-refractivity contribution < 1.29 is 9.84 Å². The van der Waals surface area contributed by atoms with Gasteiger partial charge in [0.1, 0.15) is 5.75 Å². The minimum atomic E-state index is 0.162. The van der Waals surface area contributed by atoms with Crippen molar-refractivity contribution in [2.24, 2.45) is 0 Å². The van der Waals surface area contributed by atoms with E-state index < -0.39 is 0 Å². The molecule has 0 unspecified atom stereocenters. The summed E-state index contributed by atoms with van der Waals surface area (Å²) >= 11 is 0. The van der Waals surface area contributed by atoms with E-state index in [4.69, 9.17) is 9.84 Å². The molecule has 1 aromatic carbocycles. The molecule has 0 aliphatic carbocycles. The SMILES string of the molecule is COc1cccc(-c2cnc(NCCCO)nc2)c1. The molecule has 0 bridgehead atoms. The topological polar surface area (TPSA) is 67.3 Å². The summed E-state index contributed by atoms with van der Waals surface area (Å²) in [5.74, 6) is 1.38. The molecular weight excluding hydrogens is 242 g/mol. The third-order valence-corrected chi connectivity index (χ3v) is 2.67. The summed E-state index contributed by atoms with van der Waals surface area (Å²) in [6, 6.07) is 7.76. The number of hydrogen-bond acceptors (Lipinski definition) is 5. The molecule has 0 aliphatic rings. The van der Waals surface area contributed by atoms with Gasteiger partial charge in [-0.1, -0.05) is 12.1 Å². The van der Waals surface area contributed by atoms with Crippen LogP contribution in [0.1, 0.15) is 6.42 Å². The van der Waals surface area contributed by atoms with Crippen LogP contribution in [-0.4, -0.2) is 35.3 Å². The Morgan fingerprint density at radius 2 is 2.00 bits per heavy atom. The lowest BCUT2D eigenvalue weighted by Crippen LogP contribution is -2.06. The van der Waals surface area contributed by atoms with Gasteiger partial charge in [0.25, 0.3) is 0 Å². The Kier molecular flexibility index (Phi) is 4.69. The number of benzene rings is 1. The molecule has 1 heterocycles. The molecule has 2 aromatic rings. The van der Waals surface area contributed by atoms with Crippen LogP contribution in [0.3, 0.4) is 0 Å². The molecule has 0 saturated heterocycles. The molecule has 1 aromatic heterocycles. The van der Waals surface area contributed by atoms with Gasteiger partial charge in [0.15, 0.2) is 0 Å². The zero-order chi connectivity index (χ0) is 13.5. The lowest BCUT2D eigenvalue weighted by molar-refractivity contribution is 0.292. The molecule has 2 rings (SSSR count). The monoisotopic (exact) mass is 259 g/mol. The van der Waals surface area contributed by atoms with Crippen molar-refractivity contribution in [3.63, 3.8) is 0 Å². The molecule has 100 valence electrons. The maximum Gasteiger partial charge on any atom is 0.222 e. The summed E-state index contributed by atoms with van der Waals surface area (Å²) in [5.41, 5.74) is 1.95. The number of hydrogen-bond donors (Lipinski definition) is 2. The van der Waals surface area contributed by atoms with E-state index in [0.29, 0.717) is 18.9 Å². The maximum atomic E-state index is 8.69. The van der Waals surface area contributed by atoms with Gasteiger partial charge in [-0.2, -0.15) is 0 Å². The number of aliphatic hydroxyl groups is 1. The van der Waals surface area contributed by atoms with Crippen LogP contribution in [0.2, 0.25) is 0 Å². The number of nitrogens with one attached hydrogen (secondary N) is 1. The normalized spacial score (nSPS) is 10.2. The molecule has 0 aliphatic heterocycles. The Balaban J connectivity index is 2.08. The van der Waals surface area contributed by atoms with Crippen molar-refractivity contribution >= 4 is 5.95 Å². The fourth-order valence-corrected chi connectivity index (χ4v) is 1.65. The number of ether oxygens (including phenoxy) is 1. The summed E-state index contributed by atoms with van der Waals surface area (Å²) in [5, 5.41) is 11.7. The Hall–Kier alpha value is -2.14. The second kappa shape index (κ2) is 6.70. The van der Waals surface area contributed by atoms with Crippen LogP contribution < -0.4 is 10.1 Å². The average molecular weight is 259 g/mol. The van der Waals surface area contributed by atoms with E-state index in [1.807, 2.05) is 24.3 Å². The Labute approximate surface area is 112 Å². The van der Waals surface area contributed by atoms with Gasteiger partial charge in [-0.3, -0.25) is 0 Å². The summed E-state index contributed by atoms with van der Waals surface area (Å²) in [4.78, 5) is 8.48. The molecule has 5 heteroatoms. The fraction of sp³-hybridized carbons (Fsp3) is 0.286. The number of methoxy groups -OCH3 is 1. The first kappa shape index (κ1) is 13.3. The lowest BCUT2D eigenvalue weighted by atomic mass is 10.1. The molecule has 0 saturated carbocycles. The van der Waals surface area contributed by atoms with Crippen LogP contribution in [0.15, 0.2) is 36.7 Å². The molecule has 0 fully saturated rings. The van der Waals surface area contributed by atoms with E-state index in [0.717, 1.165) is 16.9 Å². The van der Waals surface area contributed by atoms with E-state index in [-0.39, 0.29) is 6.61 Å². The van der Waals surface area contributed by atoms with Crippen molar-refractivity contribution in [3.8, 4) is 16.9 Å². The van der Waals surface area contributed by atoms with Gasteiger partial charge in [0.2, 0.25) is 5.95 Å². The average Bonchev–Trinajstić information content (AvgIpc) is 2.48. The number of aromatic nitrogens is 2. The molecule has 0 amide bonds. The van der Waals surface area contributed by atoms with Gasteiger partial charge in [0, 0.05) is 31.1 Å². The van der Waals surface area contributed by atoms with Crippen molar-refractivity contribution in [1.82, 2.24) is 9.97 Å². The number of rotatable bonds is 6. The minimum absolute atomic E-state index is 0.162. The first-order chi connectivity index (χ1) is 9.33. The maximum absolute atomic E-state index is 8.69. The number of aliphatic hydroxyl groups excluding tert-OH is 1. The highest BCUT2D eigenvalue weighted by molar-refractivity contribution is 5.63. The first-order valence-electron chi connectivity index (χ1n) is 6.14. The van der Waals surface area contributed by atoms with Gasteiger partial charge in [0.05, 0.1) is 7.11 Å². The van der Waals surface area contributed by atoms with Gasteiger partial charge < -0.3 is 15.2 Å². The van der Waals surface area contributed by atoms with Crippen molar-refractivity contribution in [1.29, 1.82) is 0 Å². The highest BCUT2D eigenvalue weighted by Crippen LogP contribution is 2.22. The molecule has 0 atom stereocenters. The van der Waals surface area contributed by atoms with Gasteiger partial charge in [-0.05, 0) is 24.1 Å². The largest absolute Gasteiger partial charge is 0.497 e. The zero-order valence-corrected chi connectivity index (χ0v) is 10.8. The van der Waals surface area contributed by atoms with Crippen LogP contribution in [0, 0.1) is 0 Å². The Bertz CT molecular complexity index is 514. The molecule has 0 spiro atoms. The van der Waals surface area contributed by atoms with Crippen LogP contribution in [-0.2, 0) is 0 Å². The number of nitrogens with zero attached hydrogens (tertiary/aromatic N) is 2. The predicted molar refractivity (Wildman–Crippen MR) is 74.2 cm³/mol. The standard InChI is InChI=1S/C14H17N3O2/c1-19-13-5-2-4-11(8-13)12-9-16-14(17-10-12)15-6-3-7-18/h2,4-5,8-10,18H,3,6-7H2,1H3,(H,15,16,17). The van der Waals surface area contributed by atoms with E-state index in [1.165, 1.54) is 0 Å². The van der Waals surface area contributed by atoms with E-state index in [2.05, 4.69) is 15.3 Å².